The summed E-state index contributed by atoms with van der Waals surface area (Å²) in [7, 11) is 3.41. The fraction of sp³-hybridized carbons (Fsp3) is 0.667. The van der Waals surface area contributed by atoms with E-state index in [9.17, 15) is 5.11 Å². The Balaban J connectivity index is 1.43. The Morgan fingerprint density at radius 3 is 2.79 bits per heavy atom. The number of benzene rings is 1. The lowest BCUT2D eigenvalue weighted by Crippen LogP contribution is -2.47. The first-order valence-corrected chi connectivity index (χ1v) is 10.2. The van der Waals surface area contributed by atoms with Crippen molar-refractivity contribution in [1.29, 1.82) is 0 Å². The summed E-state index contributed by atoms with van der Waals surface area (Å²) in [5.41, 5.74) is 0.784. The summed E-state index contributed by atoms with van der Waals surface area (Å²) >= 11 is 0. The zero-order valence-electron chi connectivity index (χ0n) is 17.0. The molecule has 0 radical (unpaired) electrons. The van der Waals surface area contributed by atoms with Gasteiger partial charge in [-0.2, -0.15) is 0 Å². The van der Waals surface area contributed by atoms with Crippen molar-refractivity contribution in [2.75, 3.05) is 40.5 Å². The van der Waals surface area contributed by atoms with Crippen molar-refractivity contribution in [3.8, 4) is 11.5 Å². The van der Waals surface area contributed by atoms with Gasteiger partial charge >= 0.3 is 0 Å². The van der Waals surface area contributed by atoms with Crippen molar-refractivity contribution in [2.45, 2.75) is 50.9 Å². The van der Waals surface area contributed by atoms with Gasteiger partial charge in [-0.1, -0.05) is 0 Å². The second-order valence-corrected chi connectivity index (χ2v) is 7.40. The molecule has 1 unspecified atom stereocenters. The number of guanidine groups is 1. The number of methoxy groups -OCH3 is 1. The van der Waals surface area contributed by atoms with Gasteiger partial charge in [0.15, 0.2) is 5.96 Å². The fourth-order valence-electron chi connectivity index (χ4n) is 3.75. The third kappa shape index (κ3) is 5.75. The Morgan fingerprint density at radius 2 is 2.11 bits per heavy atom. The zero-order chi connectivity index (χ0) is 19.8. The van der Waals surface area contributed by atoms with Crippen LogP contribution in [0.15, 0.2) is 23.2 Å². The first-order valence-electron chi connectivity index (χ1n) is 10.2. The SMILES string of the molecule is CN=C(NCc1cc(OC)ccc1O)N1CCC(OCC2CCCCO2)CC1. The fourth-order valence-corrected chi connectivity index (χ4v) is 3.75. The van der Waals surface area contributed by atoms with Gasteiger partial charge < -0.3 is 29.5 Å². The summed E-state index contributed by atoms with van der Waals surface area (Å²) in [5, 5.41) is 13.4. The topological polar surface area (TPSA) is 75.6 Å². The van der Waals surface area contributed by atoms with Gasteiger partial charge in [-0.25, -0.2) is 0 Å². The van der Waals surface area contributed by atoms with Crippen molar-refractivity contribution in [3.05, 3.63) is 23.8 Å². The Bertz CT molecular complexity index is 639. The largest absolute Gasteiger partial charge is 0.508 e. The second-order valence-electron chi connectivity index (χ2n) is 7.40. The van der Waals surface area contributed by atoms with E-state index in [-0.39, 0.29) is 11.9 Å². The maximum absolute atomic E-state index is 10.1. The summed E-state index contributed by atoms with van der Waals surface area (Å²) in [6.45, 7) is 3.88. The van der Waals surface area contributed by atoms with Gasteiger partial charge in [-0.05, 0) is 50.3 Å². The molecular formula is C21H33N3O4. The molecule has 1 atom stereocenters. The molecule has 2 aliphatic rings. The number of rotatable bonds is 6. The van der Waals surface area contributed by atoms with Gasteiger partial charge in [0, 0.05) is 38.9 Å². The first-order chi connectivity index (χ1) is 13.7. The number of aliphatic imine (C=N–C) groups is 1. The molecule has 2 saturated heterocycles. The molecule has 0 aliphatic carbocycles. The van der Waals surface area contributed by atoms with Gasteiger partial charge in [0.1, 0.15) is 11.5 Å². The molecule has 2 fully saturated rings. The molecule has 2 N–H and O–H groups in total. The highest BCUT2D eigenvalue weighted by molar-refractivity contribution is 5.80. The molecule has 0 amide bonds. The van der Waals surface area contributed by atoms with Crippen LogP contribution in [-0.4, -0.2) is 68.6 Å². The quantitative estimate of drug-likeness (QED) is 0.573. The highest BCUT2D eigenvalue weighted by atomic mass is 16.5. The average molecular weight is 392 g/mol. The van der Waals surface area contributed by atoms with Crippen LogP contribution in [0.5, 0.6) is 11.5 Å². The number of ether oxygens (including phenoxy) is 3. The minimum atomic E-state index is 0.251. The molecule has 28 heavy (non-hydrogen) atoms. The number of likely N-dealkylation sites (tertiary alicyclic amines) is 1. The summed E-state index contributed by atoms with van der Waals surface area (Å²) in [4.78, 5) is 6.65. The maximum Gasteiger partial charge on any atom is 0.193 e. The Labute approximate surface area is 167 Å². The average Bonchev–Trinajstić information content (AvgIpc) is 2.75. The van der Waals surface area contributed by atoms with E-state index in [1.807, 2.05) is 6.07 Å². The van der Waals surface area contributed by atoms with E-state index in [2.05, 4.69) is 15.2 Å². The predicted molar refractivity (Wildman–Crippen MR) is 109 cm³/mol. The number of hydrogen-bond donors (Lipinski definition) is 2. The first kappa shape index (κ1) is 20.7. The Hall–Kier alpha value is -1.99. The highest BCUT2D eigenvalue weighted by Gasteiger charge is 2.23. The van der Waals surface area contributed by atoms with E-state index < -0.39 is 0 Å². The van der Waals surface area contributed by atoms with E-state index in [4.69, 9.17) is 14.2 Å². The van der Waals surface area contributed by atoms with Crippen LogP contribution in [0, 0.1) is 0 Å². The van der Waals surface area contributed by atoms with E-state index >= 15 is 0 Å². The molecule has 0 spiro atoms. The number of aromatic hydroxyl groups is 1. The van der Waals surface area contributed by atoms with Crippen molar-refractivity contribution in [2.24, 2.45) is 4.99 Å². The lowest BCUT2D eigenvalue weighted by molar-refractivity contribution is -0.0721. The van der Waals surface area contributed by atoms with Crippen LogP contribution < -0.4 is 10.1 Å². The monoisotopic (exact) mass is 391 g/mol. The molecule has 2 heterocycles. The Kier molecular flexibility index (Phi) is 7.80. The van der Waals surface area contributed by atoms with Crippen LogP contribution in [0.25, 0.3) is 0 Å². The van der Waals surface area contributed by atoms with E-state index in [0.717, 1.165) is 56.2 Å². The number of phenols is 1. The van der Waals surface area contributed by atoms with Crippen molar-refractivity contribution >= 4 is 5.96 Å². The molecule has 7 nitrogen and oxygen atoms in total. The summed E-state index contributed by atoms with van der Waals surface area (Å²) in [6.07, 6.45) is 6.08. The van der Waals surface area contributed by atoms with E-state index in [1.165, 1.54) is 12.8 Å². The van der Waals surface area contributed by atoms with Gasteiger partial charge in [0.05, 0.1) is 25.9 Å². The molecule has 1 aromatic rings. The predicted octanol–water partition coefficient (Wildman–Crippen LogP) is 2.53. The number of phenolic OH excluding ortho intramolecular Hbond substituents is 1. The summed E-state index contributed by atoms with van der Waals surface area (Å²) < 4.78 is 17.1. The highest BCUT2D eigenvalue weighted by Crippen LogP contribution is 2.23. The van der Waals surface area contributed by atoms with Crippen LogP contribution in [0.4, 0.5) is 0 Å². The van der Waals surface area contributed by atoms with E-state index in [1.54, 1.807) is 26.3 Å². The van der Waals surface area contributed by atoms with Gasteiger partial charge in [-0.15, -0.1) is 0 Å². The van der Waals surface area contributed by atoms with E-state index in [0.29, 0.717) is 19.3 Å². The molecule has 2 aliphatic heterocycles. The molecule has 7 heteroatoms. The number of nitrogens with one attached hydrogen (secondary N) is 1. The number of piperidine rings is 1. The van der Waals surface area contributed by atoms with Crippen molar-refractivity contribution in [1.82, 2.24) is 10.2 Å². The lowest BCUT2D eigenvalue weighted by Gasteiger charge is -2.35. The van der Waals surface area contributed by atoms with Crippen LogP contribution in [0.1, 0.15) is 37.7 Å². The van der Waals surface area contributed by atoms with Crippen LogP contribution >= 0.6 is 0 Å². The third-order valence-corrected chi connectivity index (χ3v) is 5.47. The van der Waals surface area contributed by atoms with Crippen LogP contribution in [-0.2, 0) is 16.0 Å². The summed E-state index contributed by atoms with van der Waals surface area (Å²) in [5.74, 6) is 1.82. The lowest BCUT2D eigenvalue weighted by atomic mass is 10.1. The van der Waals surface area contributed by atoms with Crippen molar-refractivity contribution < 1.29 is 19.3 Å². The molecule has 0 aromatic heterocycles. The molecule has 0 saturated carbocycles. The van der Waals surface area contributed by atoms with Gasteiger partial charge in [-0.3, -0.25) is 4.99 Å². The molecule has 156 valence electrons. The van der Waals surface area contributed by atoms with Gasteiger partial charge in [0.25, 0.3) is 0 Å². The summed E-state index contributed by atoms with van der Waals surface area (Å²) in [6, 6.07) is 5.23. The van der Waals surface area contributed by atoms with Crippen molar-refractivity contribution in [3.63, 3.8) is 0 Å². The second kappa shape index (κ2) is 10.5. The normalized spacial score (nSPS) is 21.6. The minimum Gasteiger partial charge on any atom is -0.508 e. The van der Waals surface area contributed by atoms with Gasteiger partial charge in [0.2, 0.25) is 0 Å². The molecule has 1 aromatic carbocycles. The number of hydrogen-bond acceptors (Lipinski definition) is 5. The standard InChI is InChI=1S/C21H33N3O4/c1-22-21(23-14-16-13-18(26-2)6-7-20(16)25)24-10-8-17(9-11-24)28-15-19-5-3-4-12-27-19/h6-7,13,17,19,25H,3-5,8-12,14-15H2,1-2H3,(H,22,23). The van der Waals surface area contributed by atoms with Crippen LogP contribution in [0.2, 0.25) is 0 Å². The molecule has 3 rings (SSSR count). The third-order valence-electron chi connectivity index (χ3n) is 5.47. The smallest absolute Gasteiger partial charge is 0.193 e. The zero-order valence-corrected chi connectivity index (χ0v) is 17.0. The Morgan fingerprint density at radius 1 is 1.29 bits per heavy atom. The number of nitrogens with zero attached hydrogens (tertiary/aromatic N) is 2. The molecule has 0 bridgehead atoms. The minimum absolute atomic E-state index is 0.251. The maximum atomic E-state index is 10.1. The van der Waals surface area contributed by atoms with Crippen LogP contribution in [0.3, 0.4) is 0 Å². The molecular weight excluding hydrogens is 358 g/mol.